The highest BCUT2D eigenvalue weighted by molar-refractivity contribution is 5.91. The third-order valence-corrected chi connectivity index (χ3v) is 18.6. The monoisotopic (exact) mass is 762 g/mol. The Kier molecular flexibility index (Phi) is 10.0. The highest BCUT2D eigenvalue weighted by Gasteiger charge is 2.70. The SMILES string of the molecule is C=C(C)[C@@H]1CC[C@]2(NCCN3CCN(C(C)=O)C(C)(C)C3=O)CC[C@]3(C)[C@H](CC[C@@H]4[C@@]5(C)CC=C(C6=CC[C@](CF)(C(=O)O)CC6)C(C)(C)[C@@H]5CC[C@]43C)[C@@H]12. The van der Waals surface area contributed by atoms with Crippen LogP contribution in [0.5, 0.6) is 0 Å². The van der Waals surface area contributed by atoms with Crippen LogP contribution in [-0.2, 0) is 14.4 Å². The zero-order valence-electron chi connectivity index (χ0n) is 35.7. The van der Waals surface area contributed by atoms with E-state index in [0.717, 1.165) is 25.8 Å². The first-order valence-electron chi connectivity index (χ1n) is 21.8. The van der Waals surface area contributed by atoms with Crippen molar-refractivity contribution >= 4 is 17.8 Å². The van der Waals surface area contributed by atoms with Gasteiger partial charge in [0.15, 0.2) is 0 Å². The number of rotatable bonds is 8. The number of nitrogens with one attached hydrogen (secondary N) is 1. The maximum Gasteiger partial charge on any atom is 0.312 e. The minimum atomic E-state index is -1.27. The molecule has 0 spiro atoms. The number of piperazine rings is 1. The first-order valence-corrected chi connectivity index (χ1v) is 21.8. The van der Waals surface area contributed by atoms with Crippen molar-refractivity contribution in [3.63, 3.8) is 0 Å². The van der Waals surface area contributed by atoms with Gasteiger partial charge in [-0.05, 0) is 160 Å². The van der Waals surface area contributed by atoms with Crippen LogP contribution in [0.4, 0.5) is 4.39 Å². The fourth-order valence-corrected chi connectivity index (χ4v) is 15.4. The van der Waals surface area contributed by atoms with Crippen LogP contribution in [0.15, 0.2) is 35.5 Å². The lowest BCUT2D eigenvalue weighted by Crippen LogP contribution is -2.68. The molecule has 1 heterocycles. The van der Waals surface area contributed by atoms with Gasteiger partial charge in [-0.25, -0.2) is 4.39 Å². The van der Waals surface area contributed by atoms with Gasteiger partial charge in [-0.3, -0.25) is 14.4 Å². The summed E-state index contributed by atoms with van der Waals surface area (Å²) in [5, 5.41) is 14.0. The number of amides is 2. The summed E-state index contributed by atoms with van der Waals surface area (Å²) in [5.74, 6) is 1.80. The second-order valence-corrected chi connectivity index (χ2v) is 21.5. The van der Waals surface area contributed by atoms with E-state index in [4.69, 9.17) is 0 Å². The van der Waals surface area contributed by atoms with Crippen LogP contribution in [0.3, 0.4) is 0 Å². The molecule has 0 aromatic carbocycles. The second kappa shape index (κ2) is 13.5. The molecular formula is C47H72FN3O4. The van der Waals surface area contributed by atoms with Gasteiger partial charge >= 0.3 is 5.97 Å². The lowest BCUT2D eigenvalue weighted by Gasteiger charge is -2.72. The van der Waals surface area contributed by atoms with E-state index in [1.54, 1.807) is 11.8 Å². The fourth-order valence-electron chi connectivity index (χ4n) is 15.4. The Morgan fingerprint density at radius 3 is 2.24 bits per heavy atom. The summed E-state index contributed by atoms with van der Waals surface area (Å²) in [6.45, 7) is 26.9. The van der Waals surface area contributed by atoms with Gasteiger partial charge in [0.2, 0.25) is 11.8 Å². The number of allylic oxidation sites excluding steroid dienone is 5. The molecule has 7 nitrogen and oxygen atoms in total. The van der Waals surface area contributed by atoms with Crippen molar-refractivity contribution < 1.29 is 23.9 Å². The molecule has 0 aromatic heterocycles. The van der Waals surface area contributed by atoms with Crippen LogP contribution in [0.25, 0.3) is 0 Å². The van der Waals surface area contributed by atoms with Gasteiger partial charge in [0.05, 0.1) is 5.41 Å². The number of carboxylic acids is 1. The normalized spacial score (nSPS) is 43.3. The topological polar surface area (TPSA) is 90.0 Å². The molecule has 0 unspecified atom stereocenters. The molecule has 7 rings (SSSR count). The average Bonchev–Trinajstić information content (AvgIpc) is 3.50. The number of carboxylic acid groups (broad SMARTS) is 1. The van der Waals surface area contributed by atoms with Crippen molar-refractivity contribution in [2.45, 2.75) is 150 Å². The predicted octanol–water partition coefficient (Wildman–Crippen LogP) is 9.14. The second-order valence-electron chi connectivity index (χ2n) is 21.5. The molecule has 55 heavy (non-hydrogen) atoms. The first kappa shape index (κ1) is 40.7. The van der Waals surface area contributed by atoms with Crippen LogP contribution < -0.4 is 5.32 Å². The Morgan fingerprint density at radius 2 is 1.62 bits per heavy atom. The van der Waals surface area contributed by atoms with E-state index in [-0.39, 0.29) is 45.4 Å². The smallest absolute Gasteiger partial charge is 0.312 e. The van der Waals surface area contributed by atoms with Gasteiger partial charge in [0.25, 0.3) is 0 Å². The fraction of sp³-hybridized carbons (Fsp3) is 0.809. The maximum atomic E-state index is 14.0. The van der Waals surface area contributed by atoms with Crippen molar-refractivity contribution in [3.05, 3.63) is 35.5 Å². The molecule has 2 N–H and O–H groups in total. The van der Waals surface area contributed by atoms with Crippen LogP contribution in [-0.4, -0.2) is 76.6 Å². The lowest BCUT2D eigenvalue weighted by molar-refractivity contribution is -0.221. The molecule has 6 aliphatic carbocycles. The molecule has 10 atom stereocenters. The van der Waals surface area contributed by atoms with Gasteiger partial charge < -0.3 is 20.2 Å². The van der Waals surface area contributed by atoms with E-state index in [1.807, 2.05) is 18.7 Å². The summed E-state index contributed by atoms with van der Waals surface area (Å²) >= 11 is 0. The van der Waals surface area contributed by atoms with E-state index in [9.17, 15) is 23.9 Å². The largest absolute Gasteiger partial charge is 0.481 e. The molecular weight excluding hydrogens is 690 g/mol. The Bertz CT molecular complexity index is 1680. The van der Waals surface area contributed by atoms with Gasteiger partial charge in [0, 0.05) is 38.6 Å². The lowest BCUT2D eigenvalue weighted by atomic mass is 9.33. The minimum Gasteiger partial charge on any atom is -0.481 e. The number of fused-ring (bicyclic) bond motifs is 7. The Hall–Kier alpha value is -2.48. The molecule has 7 aliphatic rings. The summed E-state index contributed by atoms with van der Waals surface area (Å²) < 4.78 is 14.0. The molecule has 4 saturated carbocycles. The van der Waals surface area contributed by atoms with E-state index in [0.29, 0.717) is 62.1 Å². The number of hydrogen-bond donors (Lipinski definition) is 2. The Morgan fingerprint density at radius 1 is 0.891 bits per heavy atom. The van der Waals surface area contributed by atoms with E-state index in [1.165, 1.54) is 55.2 Å². The van der Waals surface area contributed by atoms with Gasteiger partial charge in [-0.15, -0.1) is 0 Å². The summed E-state index contributed by atoms with van der Waals surface area (Å²) in [6, 6.07) is 0. The zero-order valence-corrected chi connectivity index (χ0v) is 35.7. The zero-order chi connectivity index (χ0) is 40.1. The predicted molar refractivity (Wildman–Crippen MR) is 217 cm³/mol. The van der Waals surface area contributed by atoms with E-state index in [2.05, 4.69) is 65.6 Å². The van der Waals surface area contributed by atoms with Crippen molar-refractivity contribution in [3.8, 4) is 0 Å². The van der Waals surface area contributed by atoms with E-state index >= 15 is 0 Å². The summed E-state index contributed by atoms with van der Waals surface area (Å²) in [6.07, 6.45) is 16.6. The molecule has 5 fully saturated rings. The summed E-state index contributed by atoms with van der Waals surface area (Å²) in [7, 11) is 0. The average molecular weight is 762 g/mol. The number of carbonyl (C=O) groups excluding carboxylic acids is 2. The number of alkyl halides is 1. The molecule has 2 amide bonds. The molecule has 1 saturated heterocycles. The van der Waals surface area contributed by atoms with Crippen molar-refractivity contribution in [2.24, 2.45) is 56.7 Å². The highest BCUT2D eigenvalue weighted by atomic mass is 19.1. The standard InChI is InChI=1S/C47H72FN3O4/c1-30(2)33-15-22-47(49-25-26-50-27-28-51(31(3)52)42(6,7)39(50)53)24-23-44(9)35(38(33)47)11-12-37-43(8)18-16-34(41(4,5)36(43)17-19-45(37,44)10)32-13-20-46(29-48,21-14-32)40(54)55/h13,16,33,35-38,49H,1,11-12,14-15,17-29H2,2-10H3,(H,54,55)/t33-,35+,36-,37+,38+,43-,44+,45+,46-,47-/m0/s1. The Balaban J connectivity index is 1.12. The third-order valence-electron chi connectivity index (χ3n) is 18.6. The molecule has 8 heteroatoms. The quantitative estimate of drug-likeness (QED) is 0.241. The van der Waals surface area contributed by atoms with Crippen LogP contribution in [0, 0.1) is 56.7 Å². The van der Waals surface area contributed by atoms with Crippen molar-refractivity contribution in [1.29, 1.82) is 0 Å². The highest BCUT2D eigenvalue weighted by Crippen LogP contribution is 2.76. The number of hydrogen-bond acceptors (Lipinski definition) is 4. The van der Waals surface area contributed by atoms with Crippen molar-refractivity contribution in [2.75, 3.05) is 32.9 Å². The van der Waals surface area contributed by atoms with Crippen LogP contribution in [0.2, 0.25) is 0 Å². The number of nitrogens with zero attached hydrogens (tertiary/aromatic N) is 2. The van der Waals surface area contributed by atoms with Gasteiger partial charge in [-0.2, -0.15) is 0 Å². The molecule has 0 bridgehead atoms. The van der Waals surface area contributed by atoms with Gasteiger partial charge in [-0.1, -0.05) is 58.9 Å². The third kappa shape index (κ3) is 5.81. The van der Waals surface area contributed by atoms with Crippen molar-refractivity contribution in [1.82, 2.24) is 15.1 Å². The first-order chi connectivity index (χ1) is 25.6. The summed E-state index contributed by atoms with van der Waals surface area (Å²) in [4.78, 5) is 41.6. The molecule has 306 valence electrons. The van der Waals surface area contributed by atoms with Crippen LogP contribution in [0.1, 0.15) is 139 Å². The maximum absolute atomic E-state index is 14.0. The Labute approximate surface area is 331 Å². The summed E-state index contributed by atoms with van der Waals surface area (Å²) in [5.41, 5.74) is 2.53. The molecule has 1 aliphatic heterocycles. The molecule has 0 radical (unpaired) electrons. The number of aliphatic carboxylic acids is 1. The minimum absolute atomic E-state index is 0.0334. The van der Waals surface area contributed by atoms with Gasteiger partial charge in [0.1, 0.15) is 12.2 Å². The van der Waals surface area contributed by atoms with Crippen LogP contribution >= 0.6 is 0 Å². The van der Waals surface area contributed by atoms with E-state index < -0.39 is 23.6 Å². The molecule has 0 aromatic rings. The number of halogens is 1. The number of carbonyl (C=O) groups is 3.